The monoisotopic (exact) mass is 338 g/mol. The summed E-state index contributed by atoms with van der Waals surface area (Å²) in [5, 5.41) is 0. The van der Waals surface area contributed by atoms with E-state index in [1.54, 1.807) is 16.9 Å². The molecule has 0 aliphatic carbocycles. The Bertz CT molecular complexity index is 766. The van der Waals surface area contributed by atoms with Crippen molar-refractivity contribution >= 4 is 11.8 Å². The number of carbonyl (C=O) groups is 2. The van der Waals surface area contributed by atoms with Gasteiger partial charge in [-0.3, -0.25) is 9.59 Å². The van der Waals surface area contributed by atoms with E-state index in [9.17, 15) is 9.59 Å². The van der Waals surface area contributed by atoms with Crippen LogP contribution in [-0.4, -0.2) is 54.9 Å². The van der Waals surface area contributed by atoms with Gasteiger partial charge in [0.25, 0.3) is 11.8 Å². The molecule has 1 saturated heterocycles. The third-order valence-electron chi connectivity index (χ3n) is 4.46. The van der Waals surface area contributed by atoms with Crippen molar-refractivity contribution < 1.29 is 14.3 Å². The second-order valence-corrected chi connectivity index (χ2v) is 6.15. The third kappa shape index (κ3) is 3.65. The lowest BCUT2D eigenvalue weighted by Gasteiger charge is -2.35. The molecule has 130 valence electrons. The molecule has 5 nitrogen and oxygen atoms in total. The molecule has 1 aliphatic heterocycles. The van der Waals surface area contributed by atoms with Crippen LogP contribution in [-0.2, 0) is 0 Å². The zero-order chi connectivity index (χ0) is 17.8. The van der Waals surface area contributed by atoms with Crippen molar-refractivity contribution in [3.05, 3.63) is 65.2 Å². The van der Waals surface area contributed by atoms with Crippen molar-refractivity contribution in [2.75, 3.05) is 33.3 Å². The Morgan fingerprint density at radius 1 is 0.880 bits per heavy atom. The fraction of sp³-hybridized carbons (Fsp3) is 0.300. The van der Waals surface area contributed by atoms with E-state index in [4.69, 9.17) is 4.74 Å². The van der Waals surface area contributed by atoms with Gasteiger partial charge in [0.1, 0.15) is 5.75 Å². The van der Waals surface area contributed by atoms with Crippen molar-refractivity contribution in [3.63, 3.8) is 0 Å². The summed E-state index contributed by atoms with van der Waals surface area (Å²) in [6.45, 7) is 4.07. The van der Waals surface area contributed by atoms with Crippen LogP contribution in [0.4, 0.5) is 0 Å². The van der Waals surface area contributed by atoms with E-state index < -0.39 is 0 Å². The van der Waals surface area contributed by atoms with Crippen LogP contribution < -0.4 is 4.74 Å². The normalized spacial score (nSPS) is 14.3. The second kappa shape index (κ2) is 7.38. The molecule has 25 heavy (non-hydrogen) atoms. The Morgan fingerprint density at radius 2 is 1.48 bits per heavy atom. The van der Waals surface area contributed by atoms with Crippen LogP contribution >= 0.6 is 0 Å². The molecule has 0 radical (unpaired) electrons. The minimum atomic E-state index is -0.0487. The summed E-state index contributed by atoms with van der Waals surface area (Å²) in [5.41, 5.74) is 2.27. The molecule has 0 saturated carbocycles. The Labute approximate surface area is 147 Å². The molecule has 3 rings (SSSR count). The van der Waals surface area contributed by atoms with Crippen LogP contribution in [0.3, 0.4) is 0 Å². The Hall–Kier alpha value is -2.82. The highest BCUT2D eigenvalue weighted by molar-refractivity contribution is 5.98. The summed E-state index contributed by atoms with van der Waals surface area (Å²) in [6, 6.07) is 14.8. The first-order valence-electron chi connectivity index (χ1n) is 8.38. The fourth-order valence-corrected chi connectivity index (χ4v) is 3.04. The lowest BCUT2D eigenvalue weighted by atomic mass is 10.1. The second-order valence-electron chi connectivity index (χ2n) is 6.15. The Morgan fingerprint density at radius 3 is 2.08 bits per heavy atom. The van der Waals surface area contributed by atoms with Crippen LogP contribution in [0, 0.1) is 6.92 Å². The van der Waals surface area contributed by atoms with Crippen molar-refractivity contribution in [1.82, 2.24) is 9.80 Å². The number of benzene rings is 2. The topological polar surface area (TPSA) is 49.9 Å². The molecule has 2 amide bonds. The highest BCUT2D eigenvalue weighted by atomic mass is 16.5. The first-order chi connectivity index (χ1) is 12.1. The molecule has 1 aliphatic rings. The first kappa shape index (κ1) is 17.0. The minimum Gasteiger partial charge on any atom is -0.496 e. The van der Waals surface area contributed by atoms with Gasteiger partial charge in [-0.2, -0.15) is 0 Å². The standard InChI is InChI=1S/C20H22N2O3/c1-15-8-9-18(25-2)17(14-15)20(24)22-12-10-21(11-13-22)19(23)16-6-4-3-5-7-16/h3-9,14H,10-13H2,1-2H3. The van der Waals surface area contributed by atoms with Gasteiger partial charge in [0.05, 0.1) is 12.7 Å². The summed E-state index contributed by atoms with van der Waals surface area (Å²) in [4.78, 5) is 28.9. The summed E-state index contributed by atoms with van der Waals surface area (Å²) >= 11 is 0. The van der Waals surface area contributed by atoms with Crippen LogP contribution in [0.2, 0.25) is 0 Å². The Kier molecular flexibility index (Phi) is 5.03. The number of aryl methyl sites for hydroxylation is 1. The van der Waals surface area contributed by atoms with Gasteiger partial charge >= 0.3 is 0 Å². The summed E-state index contributed by atoms with van der Waals surface area (Å²) in [6.07, 6.45) is 0. The van der Waals surface area contributed by atoms with E-state index >= 15 is 0 Å². The lowest BCUT2D eigenvalue weighted by Crippen LogP contribution is -2.50. The molecular formula is C20H22N2O3. The number of rotatable bonds is 3. The molecule has 0 atom stereocenters. The minimum absolute atomic E-state index is 0.0147. The van der Waals surface area contributed by atoms with E-state index in [2.05, 4.69) is 0 Å². The molecule has 0 unspecified atom stereocenters. The van der Waals surface area contributed by atoms with E-state index in [1.807, 2.05) is 55.5 Å². The maximum absolute atomic E-state index is 12.8. The van der Waals surface area contributed by atoms with Gasteiger partial charge in [-0.25, -0.2) is 0 Å². The smallest absolute Gasteiger partial charge is 0.257 e. The molecule has 0 N–H and O–H groups in total. The van der Waals surface area contributed by atoms with Gasteiger partial charge in [0.2, 0.25) is 0 Å². The highest BCUT2D eigenvalue weighted by Gasteiger charge is 2.26. The molecule has 0 aromatic heterocycles. The fourth-order valence-electron chi connectivity index (χ4n) is 3.04. The number of hydrogen-bond donors (Lipinski definition) is 0. The van der Waals surface area contributed by atoms with Gasteiger partial charge in [-0.1, -0.05) is 29.8 Å². The Balaban J connectivity index is 1.67. The number of nitrogens with zero attached hydrogens (tertiary/aromatic N) is 2. The zero-order valence-corrected chi connectivity index (χ0v) is 14.6. The number of amides is 2. The molecule has 1 heterocycles. The van der Waals surface area contributed by atoms with Crippen molar-refractivity contribution in [3.8, 4) is 5.75 Å². The number of piperazine rings is 1. The quantitative estimate of drug-likeness (QED) is 0.864. The average molecular weight is 338 g/mol. The molecule has 2 aromatic carbocycles. The predicted molar refractivity (Wildman–Crippen MR) is 96.0 cm³/mol. The zero-order valence-electron chi connectivity index (χ0n) is 14.6. The molecule has 1 fully saturated rings. The molecule has 0 bridgehead atoms. The average Bonchev–Trinajstić information content (AvgIpc) is 2.67. The SMILES string of the molecule is COc1ccc(C)cc1C(=O)N1CCN(C(=O)c2ccccc2)CC1. The maximum Gasteiger partial charge on any atom is 0.257 e. The van der Waals surface area contributed by atoms with Gasteiger partial charge in [-0.05, 0) is 31.2 Å². The maximum atomic E-state index is 12.8. The highest BCUT2D eigenvalue weighted by Crippen LogP contribution is 2.22. The van der Waals surface area contributed by atoms with Crippen LogP contribution in [0.1, 0.15) is 26.3 Å². The number of carbonyl (C=O) groups excluding carboxylic acids is 2. The molecule has 2 aromatic rings. The summed E-state index contributed by atoms with van der Waals surface area (Å²) in [7, 11) is 1.57. The van der Waals surface area contributed by atoms with Crippen molar-refractivity contribution in [2.45, 2.75) is 6.92 Å². The number of ether oxygens (including phenoxy) is 1. The van der Waals surface area contributed by atoms with Crippen LogP contribution in [0.15, 0.2) is 48.5 Å². The van der Waals surface area contributed by atoms with Gasteiger partial charge in [0.15, 0.2) is 0 Å². The largest absolute Gasteiger partial charge is 0.496 e. The van der Waals surface area contributed by atoms with E-state index in [1.165, 1.54) is 0 Å². The van der Waals surface area contributed by atoms with E-state index in [0.717, 1.165) is 5.56 Å². The molecular weight excluding hydrogens is 316 g/mol. The molecule has 0 spiro atoms. The summed E-state index contributed by atoms with van der Waals surface area (Å²) in [5.74, 6) is 0.548. The number of hydrogen-bond acceptors (Lipinski definition) is 3. The van der Waals surface area contributed by atoms with Gasteiger partial charge in [-0.15, -0.1) is 0 Å². The molecule has 5 heteroatoms. The van der Waals surface area contributed by atoms with Crippen LogP contribution in [0.25, 0.3) is 0 Å². The van der Waals surface area contributed by atoms with Crippen LogP contribution in [0.5, 0.6) is 5.75 Å². The van der Waals surface area contributed by atoms with E-state index in [0.29, 0.717) is 43.1 Å². The van der Waals surface area contributed by atoms with Gasteiger partial charge in [0, 0.05) is 31.7 Å². The lowest BCUT2D eigenvalue weighted by molar-refractivity contribution is 0.0533. The van der Waals surface area contributed by atoms with Gasteiger partial charge < -0.3 is 14.5 Å². The first-order valence-corrected chi connectivity index (χ1v) is 8.38. The van der Waals surface area contributed by atoms with Crippen molar-refractivity contribution in [2.24, 2.45) is 0 Å². The predicted octanol–water partition coefficient (Wildman–Crippen LogP) is 2.60. The van der Waals surface area contributed by atoms with Crippen molar-refractivity contribution in [1.29, 1.82) is 0 Å². The van der Waals surface area contributed by atoms with E-state index in [-0.39, 0.29) is 11.8 Å². The number of methoxy groups -OCH3 is 1. The third-order valence-corrected chi connectivity index (χ3v) is 4.46. The summed E-state index contributed by atoms with van der Waals surface area (Å²) < 4.78 is 5.32.